The van der Waals surface area contributed by atoms with Crippen molar-refractivity contribution in [2.24, 2.45) is 0 Å². The molecule has 0 radical (unpaired) electrons. The predicted octanol–water partition coefficient (Wildman–Crippen LogP) is 3.07. The van der Waals surface area contributed by atoms with E-state index in [1.165, 1.54) is 0 Å². The van der Waals surface area contributed by atoms with Crippen molar-refractivity contribution < 1.29 is 13.0 Å². The van der Waals surface area contributed by atoms with Gasteiger partial charge in [0.2, 0.25) is 0 Å². The Morgan fingerprint density at radius 3 is 2.32 bits per heavy atom. The zero-order valence-electron chi connectivity index (χ0n) is 10.2. The van der Waals surface area contributed by atoms with Gasteiger partial charge in [-0.15, -0.1) is 12.6 Å². The Labute approximate surface area is 118 Å². The summed E-state index contributed by atoms with van der Waals surface area (Å²) in [5.41, 5.74) is 2.79. The number of hydrogen-bond acceptors (Lipinski definition) is 3. The SMILES string of the molecule is O=S(=O)(O)CCc1cccc(-c2ccccc2)c1S. The molecule has 0 atom stereocenters. The second kappa shape index (κ2) is 5.77. The lowest BCUT2D eigenvalue weighted by Gasteiger charge is -2.10. The van der Waals surface area contributed by atoms with Gasteiger partial charge in [-0.3, -0.25) is 4.55 Å². The van der Waals surface area contributed by atoms with Gasteiger partial charge in [0.1, 0.15) is 0 Å². The summed E-state index contributed by atoms with van der Waals surface area (Å²) in [5, 5.41) is 0. The van der Waals surface area contributed by atoms with Crippen LogP contribution in [-0.4, -0.2) is 18.7 Å². The van der Waals surface area contributed by atoms with E-state index in [2.05, 4.69) is 12.6 Å². The van der Waals surface area contributed by atoms with Crippen molar-refractivity contribution in [1.82, 2.24) is 0 Å². The topological polar surface area (TPSA) is 54.4 Å². The van der Waals surface area contributed by atoms with Crippen molar-refractivity contribution in [2.75, 3.05) is 5.75 Å². The van der Waals surface area contributed by atoms with Crippen molar-refractivity contribution in [1.29, 1.82) is 0 Å². The van der Waals surface area contributed by atoms with Gasteiger partial charge < -0.3 is 0 Å². The molecular formula is C14H14O3S2. The van der Waals surface area contributed by atoms with Crippen LogP contribution in [0, 0.1) is 0 Å². The minimum Gasteiger partial charge on any atom is -0.286 e. The van der Waals surface area contributed by atoms with E-state index in [-0.39, 0.29) is 12.2 Å². The van der Waals surface area contributed by atoms with Gasteiger partial charge in [0, 0.05) is 4.90 Å². The Hall–Kier alpha value is -1.30. The van der Waals surface area contributed by atoms with Crippen LogP contribution in [0.2, 0.25) is 0 Å². The third-order valence-corrected chi connectivity index (χ3v) is 4.08. The quantitative estimate of drug-likeness (QED) is 0.673. The van der Waals surface area contributed by atoms with Gasteiger partial charge in [-0.2, -0.15) is 8.42 Å². The molecule has 0 aliphatic carbocycles. The van der Waals surface area contributed by atoms with Gasteiger partial charge >= 0.3 is 0 Å². The van der Waals surface area contributed by atoms with Crippen molar-refractivity contribution >= 4 is 22.7 Å². The maximum atomic E-state index is 10.8. The van der Waals surface area contributed by atoms with Crippen LogP contribution in [0.4, 0.5) is 0 Å². The van der Waals surface area contributed by atoms with Gasteiger partial charge in [0.05, 0.1) is 5.75 Å². The van der Waals surface area contributed by atoms with Crippen LogP contribution in [0.3, 0.4) is 0 Å². The Balaban J connectivity index is 2.34. The highest BCUT2D eigenvalue weighted by Crippen LogP contribution is 2.29. The Morgan fingerprint density at radius 2 is 1.68 bits per heavy atom. The summed E-state index contributed by atoms with van der Waals surface area (Å²) >= 11 is 4.48. The van der Waals surface area contributed by atoms with Crippen molar-refractivity contribution in [3.8, 4) is 11.1 Å². The molecule has 0 fully saturated rings. The molecule has 19 heavy (non-hydrogen) atoms. The smallest absolute Gasteiger partial charge is 0.265 e. The molecule has 2 aromatic rings. The van der Waals surface area contributed by atoms with E-state index in [4.69, 9.17) is 4.55 Å². The zero-order chi connectivity index (χ0) is 13.9. The molecule has 0 amide bonds. The van der Waals surface area contributed by atoms with Crippen molar-refractivity contribution in [2.45, 2.75) is 11.3 Å². The maximum Gasteiger partial charge on any atom is 0.265 e. The highest BCUT2D eigenvalue weighted by molar-refractivity contribution is 7.85. The molecule has 5 heteroatoms. The highest BCUT2D eigenvalue weighted by atomic mass is 32.2. The van der Waals surface area contributed by atoms with E-state index in [0.29, 0.717) is 0 Å². The van der Waals surface area contributed by atoms with Crippen LogP contribution < -0.4 is 0 Å². The monoisotopic (exact) mass is 294 g/mol. The highest BCUT2D eigenvalue weighted by Gasteiger charge is 2.10. The lowest BCUT2D eigenvalue weighted by Crippen LogP contribution is -2.07. The largest absolute Gasteiger partial charge is 0.286 e. The van der Waals surface area contributed by atoms with Crippen LogP contribution in [-0.2, 0) is 16.5 Å². The summed E-state index contributed by atoms with van der Waals surface area (Å²) in [4.78, 5) is 0.748. The molecule has 0 aliphatic heterocycles. The normalized spacial score (nSPS) is 11.5. The molecule has 0 unspecified atom stereocenters. The predicted molar refractivity (Wildman–Crippen MR) is 79.2 cm³/mol. The third kappa shape index (κ3) is 3.83. The first-order valence-electron chi connectivity index (χ1n) is 5.79. The molecular weight excluding hydrogens is 280 g/mol. The fourth-order valence-electron chi connectivity index (χ4n) is 1.88. The summed E-state index contributed by atoms with van der Waals surface area (Å²) in [6, 6.07) is 15.4. The zero-order valence-corrected chi connectivity index (χ0v) is 11.9. The van der Waals surface area contributed by atoms with Crippen molar-refractivity contribution in [3.05, 3.63) is 54.1 Å². The van der Waals surface area contributed by atoms with E-state index < -0.39 is 10.1 Å². The molecule has 0 saturated heterocycles. The molecule has 0 heterocycles. The summed E-state index contributed by atoms with van der Waals surface area (Å²) in [7, 11) is -3.95. The summed E-state index contributed by atoms with van der Waals surface area (Å²) in [6.07, 6.45) is 0.248. The van der Waals surface area contributed by atoms with E-state index in [1.54, 1.807) is 0 Å². The Bertz CT molecular complexity index is 664. The van der Waals surface area contributed by atoms with E-state index >= 15 is 0 Å². The van der Waals surface area contributed by atoms with Crippen LogP contribution in [0.5, 0.6) is 0 Å². The van der Waals surface area contributed by atoms with Crippen LogP contribution in [0.15, 0.2) is 53.4 Å². The average molecular weight is 294 g/mol. The lowest BCUT2D eigenvalue weighted by atomic mass is 10.0. The van der Waals surface area contributed by atoms with Crippen LogP contribution in [0.25, 0.3) is 11.1 Å². The number of thiol groups is 1. The van der Waals surface area contributed by atoms with Gasteiger partial charge in [-0.25, -0.2) is 0 Å². The molecule has 2 rings (SSSR count). The van der Waals surface area contributed by atoms with Crippen LogP contribution in [0.1, 0.15) is 5.56 Å². The lowest BCUT2D eigenvalue weighted by molar-refractivity contribution is 0.482. The first kappa shape index (κ1) is 14.1. The minimum atomic E-state index is -3.95. The second-order valence-electron chi connectivity index (χ2n) is 4.22. The van der Waals surface area contributed by atoms with E-state index in [1.807, 2.05) is 48.5 Å². The molecule has 2 aromatic carbocycles. The fraction of sp³-hybridized carbons (Fsp3) is 0.143. The number of hydrogen-bond donors (Lipinski definition) is 2. The summed E-state index contributed by atoms with van der Waals surface area (Å²) in [5.74, 6) is -0.293. The van der Waals surface area contributed by atoms with Crippen LogP contribution >= 0.6 is 12.6 Å². The third-order valence-electron chi connectivity index (χ3n) is 2.83. The molecule has 100 valence electrons. The van der Waals surface area contributed by atoms with Gasteiger partial charge in [-0.1, -0.05) is 48.5 Å². The fourth-order valence-corrected chi connectivity index (χ4v) is 2.75. The minimum absolute atomic E-state index is 0.248. The Morgan fingerprint density at radius 1 is 1.00 bits per heavy atom. The van der Waals surface area contributed by atoms with E-state index in [9.17, 15) is 8.42 Å². The molecule has 0 aliphatic rings. The summed E-state index contributed by atoms with van der Waals surface area (Å²) < 4.78 is 30.4. The number of aryl methyl sites for hydroxylation is 1. The first-order valence-corrected chi connectivity index (χ1v) is 7.84. The van der Waals surface area contributed by atoms with Gasteiger partial charge in [0.25, 0.3) is 10.1 Å². The number of benzene rings is 2. The average Bonchev–Trinajstić information content (AvgIpc) is 2.37. The Kier molecular flexibility index (Phi) is 4.29. The molecule has 3 nitrogen and oxygen atoms in total. The molecule has 0 aromatic heterocycles. The van der Waals surface area contributed by atoms with Gasteiger partial charge in [-0.05, 0) is 23.1 Å². The molecule has 1 N–H and O–H groups in total. The maximum absolute atomic E-state index is 10.8. The first-order chi connectivity index (χ1) is 8.97. The van der Waals surface area contributed by atoms with Gasteiger partial charge in [0.15, 0.2) is 0 Å². The van der Waals surface area contributed by atoms with E-state index in [0.717, 1.165) is 21.6 Å². The molecule has 0 spiro atoms. The summed E-state index contributed by atoms with van der Waals surface area (Å²) in [6.45, 7) is 0. The molecule has 0 bridgehead atoms. The van der Waals surface area contributed by atoms with Crippen molar-refractivity contribution in [3.63, 3.8) is 0 Å². The molecule has 0 saturated carbocycles. The number of rotatable bonds is 4. The second-order valence-corrected chi connectivity index (χ2v) is 6.23. The standard InChI is InChI=1S/C14H14O3S2/c15-19(16,17)10-9-12-7-4-8-13(14(12)18)11-5-2-1-3-6-11/h1-8,18H,9-10H2,(H,15,16,17).